The summed E-state index contributed by atoms with van der Waals surface area (Å²) in [4.78, 5) is 20.8. The minimum atomic E-state index is -0.432. The van der Waals surface area contributed by atoms with E-state index in [-0.39, 0.29) is 5.69 Å². The van der Waals surface area contributed by atoms with Gasteiger partial charge in [-0.2, -0.15) is 5.10 Å². The van der Waals surface area contributed by atoms with E-state index in [0.29, 0.717) is 5.82 Å². The van der Waals surface area contributed by atoms with Gasteiger partial charge in [-0.1, -0.05) is 0 Å². The molecule has 1 N–H and O–H groups in total. The van der Waals surface area contributed by atoms with E-state index in [4.69, 9.17) is 0 Å². The molecule has 0 aliphatic carbocycles. The molecule has 0 aliphatic heterocycles. The Balaban J connectivity index is 1.81. The molecular weight excluding hydrogens is 314 g/mol. The highest BCUT2D eigenvalue weighted by molar-refractivity contribution is 7.18. The minimum absolute atomic E-state index is 0.0528. The molecule has 0 radical (unpaired) electrons. The van der Waals surface area contributed by atoms with Crippen molar-refractivity contribution in [1.82, 2.24) is 9.97 Å². The molecule has 0 saturated heterocycles. The minimum Gasteiger partial charge on any atom is -0.261 e. The summed E-state index contributed by atoms with van der Waals surface area (Å²) >= 11 is 1.62. The number of nitrogens with one attached hydrogen (secondary N) is 1. The van der Waals surface area contributed by atoms with E-state index in [9.17, 15) is 10.1 Å². The van der Waals surface area contributed by atoms with Gasteiger partial charge in [-0.15, -0.1) is 11.3 Å². The summed E-state index contributed by atoms with van der Waals surface area (Å²) < 4.78 is 0. The summed E-state index contributed by atoms with van der Waals surface area (Å²) in [5.74, 6) is 0.648. The number of aryl methyl sites for hydroxylation is 2. The van der Waals surface area contributed by atoms with Gasteiger partial charge in [0, 0.05) is 17.0 Å². The van der Waals surface area contributed by atoms with Gasteiger partial charge >= 0.3 is 0 Å². The van der Waals surface area contributed by atoms with Gasteiger partial charge in [-0.3, -0.25) is 15.5 Å². The monoisotopic (exact) mass is 327 g/mol. The Labute approximate surface area is 135 Å². The molecule has 3 aromatic rings. The van der Waals surface area contributed by atoms with Gasteiger partial charge in [-0.25, -0.2) is 9.97 Å². The van der Waals surface area contributed by atoms with Crippen molar-refractivity contribution in [2.75, 3.05) is 5.43 Å². The van der Waals surface area contributed by atoms with Gasteiger partial charge in [0.15, 0.2) is 5.82 Å². The smallest absolute Gasteiger partial charge is 0.261 e. The van der Waals surface area contributed by atoms with Crippen molar-refractivity contribution >= 4 is 39.3 Å². The lowest BCUT2D eigenvalue weighted by molar-refractivity contribution is -0.384. The second-order valence-corrected chi connectivity index (χ2v) is 6.11. The standard InChI is InChI=1S/C15H13N5O2S/c1-9-10(2)23-15-13(9)14(16-8-17-15)19-18-7-11-3-5-12(6-4-11)20(21)22/h3-8H,1-2H3,(H,16,17,19). The van der Waals surface area contributed by atoms with Crippen LogP contribution in [0.4, 0.5) is 11.5 Å². The van der Waals surface area contributed by atoms with E-state index >= 15 is 0 Å². The van der Waals surface area contributed by atoms with Crippen molar-refractivity contribution in [3.05, 3.63) is 56.7 Å². The Morgan fingerprint density at radius 2 is 2.00 bits per heavy atom. The number of thiophene rings is 1. The number of anilines is 1. The summed E-state index contributed by atoms with van der Waals surface area (Å²) in [5, 5.41) is 15.7. The van der Waals surface area contributed by atoms with Crippen molar-refractivity contribution in [3.63, 3.8) is 0 Å². The third-order valence-electron chi connectivity index (χ3n) is 3.45. The van der Waals surface area contributed by atoms with E-state index in [0.717, 1.165) is 21.3 Å². The third kappa shape index (κ3) is 3.02. The largest absolute Gasteiger partial charge is 0.269 e. The van der Waals surface area contributed by atoms with E-state index in [2.05, 4.69) is 20.5 Å². The number of fused-ring (bicyclic) bond motifs is 1. The van der Waals surface area contributed by atoms with Gasteiger partial charge < -0.3 is 0 Å². The summed E-state index contributed by atoms with van der Waals surface area (Å²) in [6.07, 6.45) is 3.09. The Bertz CT molecular complexity index is 902. The number of hydrogen-bond acceptors (Lipinski definition) is 7. The summed E-state index contributed by atoms with van der Waals surface area (Å²) in [7, 11) is 0. The van der Waals surface area contributed by atoms with Crippen LogP contribution >= 0.6 is 11.3 Å². The Morgan fingerprint density at radius 1 is 1.26 bits per heavy atom. The number of non-ortho nitro benzene ring substituents is 1. The fourth-order valence-corrected chi connectivity index (χ4v) is 3.11. The molecule has 0 unspecified atom stereocenters. The lowest BCUT2D eigenvalue weighted by atomic mass is 10.2. The first kappa shape index (κ1) is 15.0. The number of benzene rings is 1. The van der Waals surface area contributed by atoms with Crippen LogP contribution < -0.4 is 5.43 Å². The van der Waals surface area contributed by atoms with Crippen LogP contribution in [0.3, 0.4) is 0 Å². The molecule has 0 atom stereocenters. The second kappa shape index (κ2) is 6.09. The van der Waals surface area contributed by atoms with Gasteiger partial charge in [0.05, 0.1) is 16.5 Å². The molecule has 0 spiro atoms. The fourth-order valence-electron chi connectivity index (χ4n) is 2.12. The van der Waals surface area contributed by atoms with Crippen LogP contribution in [0.15, 0.2) is 35.7 Å². The number of rotatable bonds is 4. The van der Waals surface area contributed by atoms with Gasteiger partial charge in [-0.05, 0) is 37.1 Å². The first-order valence-corrected chi connectivity index (χ1v) is 7.62. The van der Waals surface area contributed by atoms with Gasteiger partial charge in [0.1, 0.15) is 11.2 Å². The van der Waals surface area contributed by atoms with Crippen LogP contribution in [0.5, 0.6) is 0 Å². The molecular formula is C15H13N5O2S. The zero-order valence-electron chi connectivity index (χ0n) is 12.5. The highest BCUT2D eigenvalue weighted by Crippen LogP contribution is 2.32. The van der Waals surface area contributed by atoms with Crippen molar-refractivity contribution in [2.24, 2.45) is 5.10 Å². The molecule has 116 valence electrons. The second-order valence-electron chi connectivity index (χ2n) is 4.90. The molecule has 3 rings (SSSR count). The van der Waals surface area contributed by atoms with Crippen molar-refractivity contribution in [3.8, 4) is 0 Å². The number of nitro groups is 1. The number of nitrogens with zero attached hydrogens (tertiary/aromatic N) is 4. The Hall–Kier alpha value is -2.87. The number of nitro benzene ring substituents is 1. The highest BCUT2D eigenvalue weighted by atomic mass is 32.1. The summed E-state index contributed by atoms with van der Waals surface area (Å²) in [6, 6.07) is 6.16. The topological polar surface area (TPSA) is 93.3 Å². The van der Waals surface area contributed by atoms with Crippen molar-refractivity contribution in [2.45, 2.75) is 13.8 Å². The van der Waals surface area contributed by atoms with Gasteiger partial charge in [0.2, 0.25) is 0 Å². The number of hydrogen-bond donors (Lipinski definition) is 1. The third-order valence-corrected chi connectivity index (χ3v) is 4.57. The lowest BCUT2D eigenvalue weighted by Gasteiger charge is -2.01. The molecule has 0 bridgehead atoms. The lowest BCUT2D eigenvalue weighted by Crippen LogP contribution is -1.95. The van der Waals surface area contributed by atoms with Crippen LogP contribution in [-0.4, -0.2) is 21.1 Å². The van der Waals surface area contributed by atoms with E-state index in [1.165, 1.54) is 23.3 Å². The molecule has 8 heteroatoms. The highest BCUT2D eigenvalue weighted by Gasteiger charge is 2.11. The predicted molar refractivity (Wildman–Crippen MR) is 91.2 cm³/mol. The molecule has 2 aromatic heterocycles. The van der Waals surface area contributed by atoms with E-state index < -0.39 is 4.92 Å². The van der Waals surface area contributed by atoms with Crippen molar-refractivity contribution < 1.29 is 4.92 Å². The van der Waals surface area contributed by atoms with Gasteiger partial charge in [0.25, 0.3) is 5.69 Å². The molecule has 1 aromatic carbocycles. The fraction of sp³-hybridized carbons (Fsp3) is 0.133. The quantitative estimate of drug-likeness (QED) is 0.448. The molecule has 0 fully saturated rings. The normalized spacial score (nSPS) is 11.2. The first-order valence-electron chi connectivity index (χ1n) is 6.80. The van der Waals surface area contributed by atoms with E-state index in [1.807, 2.05) is 13.8 Å². The van der Waals surface area contributed by atoms with Crippen LogP contribution in [0.1, 0.15) is 16.0 Å². The maximum atomic E-state index is 10.6. The van der Waals surface area contributed by atoms with Crippen LogP contribution in [0.25, 0.3) is 10.2 Å². The molecule has 2 heterocycles. The molecule has 0 saturated carbocycles. The van der Waals surface area contributed by atoms with Crippen LogP contribution in [-0.2, 0) is 0 Å². The average molecular weight is 327 g/mol. The average Bonchev–Trinajstić information content (AvgIpc) is 2.83. The SMILES string of the molecule is Cc1sc2ncnc(NN=Cc3ccc([N+](=O)[O-])cc3)c2c1C. The maximum Gasteiger partial charge on any atom is 0.269 e. The molecule has 0 amide bonds. The van der Waals surface area contributed by atoms with Crippen LogP contribution in [0.2, 0.25) is 0 Å². The Morgan fingerprint density at radius 3 is 2.70 bits per heavy atom. The number of hydrazone groups is 1. The zero-order chi connectivity index (χ0) is 16.4. The van der Waals surface area contributed by atoms with Crippen molar-refractivity contribution in [1.29, 1.82) is 0 Å². The first-order chi connectivity index (χ1) is 11.1. The summed E-state index contributed by atoms with van der Waals surface area (Å²) in [6.45, 7) is 4.08. The van der Waals surface area contributed by atoms with E-state index in [1.54, 1.807) is 29.7 Å². The molecule has 23 heavy (non-hydrogen) atoms. The Kier molecular flexibility index (Phi) is 3.98. The zero-order valence-corrected chi connectivity index (χ0v) is 13.3. The summed E-state index contributed by atoms with van der Waals surface area (Å²) in [5.41, 5.74) is 4.87. The molecule has 0 aliphatic rings. The maximum absolute atomic E-state index is 10.6. The predicted octanol–water partition coefficient (Wildman–Crippen LogP) is 3.66. The molecule has 7 nitrogen and oxygen atoms in total. The number of aromatic nitrogens is 2. The van der Waals surface area contributed by atoms with Crippen LogP contribution in [0, 0.1) is 24.0 Å².